The fourth-order valence-corrected chi connectivity index (χ4v) is 2.82. The number of para-hydroxylation sites is 1. The van der Waals surface area contributed by atoms with Crippen molar-refractivity contribution in [1.82, 2.24) is 5.32 Å². The first kappa shape index (κ1) is 15.1. The maximum Gasteiger partial charge on any atom is 0.236 e. The van der Waals surface area contributed by atoms with Crippen LogP contribution in [0.2, 0.25) is 0 Å². The fourth-order valence-electron chi connectivity index (χ4n) is 2.19. The van der Waals surface area contributed by atoms with Crippen molar-refractivity contribution in [2.24, 2.45) is 10.2 Å². The molecule has 0 aliphatic carbocycles. The highest BCUT2D eigenvalue weighted by Gasteiger charge is 2.17. The second-order valence-corrected chi connectivity index (χ2v) is 5.92. The van der Waals surface area contributed by atoms with Gasteiger partial charge in [0.05, 0.1) is 25.2 Å². The molecule has 2 aliphatic rings. The Kier molecular flexibility index (Phi) is 5.07. The molecule has 0 atom stereocenters. The van der Waals surface area contributed by atoms with E-state index < -0.39 is 0 Å². The third kappa shape index (κ3) is 4.08. The van der Waals surface area contributed by atoms with Crippen LogP contribution >= 0.6 is 11.8 Å². The molecule has 2 saturated heterocycles. The highest BCUT2D eigenvalue weighted by molar-refractivity contribution is 8.15. The van der Waals surface area contributed by atoms with Crippen molar-refractivity contribution in [1.29, 1.82) is 0 Å². The van der Waals surface area contributed by atoms with Crippen molar-refractivity contribution in [2.75, 3.05) is 19.0 Å². The van der Waals surface area contributed by atoms with Gasteiger partial charge in [-0.25, -0.2) is 0 Å². The number of hydrogen-bond acceptors (Lipinski definition) is 6. The SMILES string of the molecule is O=C1CSC(=NN=Cc2ccccc2OC2CCOCC2)N1. The molecular weight excluding hydrogens is 302 g/mol. The molecule has 22 heavy (non-hydrogen) atoms. The van der Waals surface area contributed by atoms with Gasteiger partial charge in [0.2, 0.25) is 5.91 Å². The molecule has 2 heterocycles. The zero-order valence-electron chi connectivity index (χ0n) is 12.0. The quantitative estimate of drug-likeness (QED) is 0.678. The van der Waals surface area contributed by atoms with E-state index in [2.05, 4.69) is 15.5 Å². The maximum atomic E-state index is 11.1. The molecule has 0 saturated carbocycles. The zero-order chi connectivity index (χ0) is 15.2. The number of ether oxygens (including phenoxy) is 2. The monoisotopic (exact) mass is 319 g/mol. The van der Waals surface area contributed by atoms with Crippen LogP contribution in [0.3, 0.4) is 0 Å². The number of nitrogens with one attached hydrogen (secondary N) is 1. The third-order valence-corrected chi connectivity index (χ3v) is 4.18. The van der Waals surface area contributed by atoms with Crippen molar-refractivity contribution in [2.45, 2.75) is 18.9 Å². The van der Waals surface area contributed by atoms with Gasteiger partial charge in [-0.3, -0.25) is 4.79 Å². The normalized spacial score (nSPS) is 21.5. The molecule has 0 unspecified atom stereocenters. The molecule has 7 heteroatoms. The van der Waals surface area contributed by atoms with Gasteiger partial charge in [0.1, 0.15) is 11.9 Å². The standard InChI is InChI=1S/C15H17N3O3S/c19-14-10-22-15(17-14)18-16-9-11-3-1-2-4-13(11)21-12-5-7-20-8-6-12/h1-4,9,12H,5-8,10H2,(H,17,18,19). The lowest BCUT2D eigenvalue weighted by Crippen LogP contribution is -2.26. The van der Waals surface area contributed by atoms with Gasteiger partial charge < -0.3 is 14.8 Å². The summed E-state index contributed by atoms with van der Waals surface area (Å²) >= 11 is 1.35. The summed E-state index contributed by atoms with van der Waals surface area (Å²) in [7, 11) is 0. The summed E-state index contributed by atoms with van der Waals surface area (Å²) in [6.07, 6.45) is 3.62. The van der Waals surface area contributed by atoms with Crippen LogP contribution in [0, 0.1) is 0 Å². The number of hydrogen-bond donors (Lipinski definition) is 1. The predicted octanol–water partition coefficient (Wildman–Crippen LogP) is 1.80. The number of carbonyl (C=O) groups is 1. The molecule has 6 nitrogen and oxygen atoms in total. The maximum absolute atomic E-state index is 11.1. The predicted molar refractivity (Wildman–Crippen MR) is 86.5 cm³/mol. The average molecular weight is 319 g/mol. The molecule has 0 aromatic heterocycles. The molecule has 0 bridgehead atoms. The third-order valence-electron chi connectivity index (χ3n) is 3.31. The minimum absolute atomic E-state index is 0.0396. The van der Waals surface area contributed by atoms with Gasteiger partial charge in [-0.15, -0.1) is 5.10 Å². The van der Waals surface area contributed by atoms with Crippen molar-refractivity contribution in [3.05, 3.63) is 29.8 Å². The van der Waals surface area contributed by atoms with Gasteiger partial charge >= 0.3 is 0 Å². The van der Waals surface area contributed by atoms with Gasteiger partial charge in [-0.2, -0.15) is 5.10 Å². The number of amides is 1. The summed E-state index contributed by atoms with van der Waals surface area (Å²) < 4.78 is 11.4. The molecule has 2 aliphatic heterocycles. The van der Waals surface area contributed by atoms with E-state index in [4.69, 9.17) is 9.47 Å². The molecule has 116 valence electrons. The number of thioether (sulfide) groups is 1. The van der Waals surface area contributed by atoms with E-state index in [1.807, 2.05) is 24.3 Å². The van der Waals surface area contributed by atoms with E-state index in [1.54, 1.807) is 6.21 Å². The van der Waals surface area contributed by atoms with Crippen LogP contribution in [0.1, 0.15) is 18.4 Å². The Labute approximate surface area is 133 Å². The number of benzene rings is 1. The second-order valence-electron chi connectivity index (χ2n) is 4.95. The van der Waals surface area contributed by atoms with Crippen LogP contribution in [0.15, 0.2) is 34.5 Å². The lowest BCUT2D eigenvalue weighted by Gasteiger charge is -2.24. The summed E-state index contributed by atoms with van der Waals surface area (Å²) in [5, 5.41) is 11.2. The Morgan fingerprint density at radius 1 is 1.32 bits per heavy atom. The molecular formula is C15H17N3O3S. The van der Waals surface area contributed by atoms with Crippen LogP contribution in [-0.2, 0) is 9.53 Å². The first-order chi connectivity index (χ1) is 10.8. The minimum atomic E-state index is -0.0396. The Bertz CT molecular complexity index is 597. The van der Waals surface area contributed by atoms with Crippen molar-refractivity contribution < 1.29 is 14.3 Å². The highest BCUT2D eigenvalue weighted by Crippen LogP contribution is 2.21. The summed E-state index contributed by atoms with van der Waals surface area (Å²) in [5.74, 6) is 1.15. The van der Waals surface area contributed by atoms with Crippen LogP contribution in [0.25, 0.3) is 0 Å². The van der Waals surface area contributed by atoms with E-state index in [0.29, 0.717) is 10.9 Å². The first-order valence-electron chi connectivity index (χ1n) is 7.18. The Balaban J connectivity index is 1.66. The van der Waals surface area contributed by atoms with Gasteiger partial charge in [-0.1, -0.05) is 23.9 Å². The van der Waals surface area contributed by atoms with Crippen LogP contribution < -0.4 is 10.1 Å². The van der Waals surface area contributed by atoms with Crippen LogP contribution in [0.5, 0.6) is 5.75 Å². The first-order valence-corrected chi connectivity index (χ1v) is 8.17. The largest absolute Gasteiger partial charge is 0.490 e. The molecule has 0 radical (unpaired) electrons. The topological polar surface area (TPSA) is 72.3 Å². The number of rotatable bonds is 4. The molecule has 1 N–H and O–H groups in total. The summed E-state index contributed by atoms with van der Waals surface area (Å²) in [4.78, 5) is 11.1. The van der Waals surface area contributed by atoms with Crippen molar-refractivity contribution >= 4 is 29.1 Å². The van der Waals surface area contributed by atoms with Gasteiger partial charge in [-0.05, 0) is 12.1 Å². The van der Waals surface area contributed by atoms with Crippen LogP contribution in [-0.4, -0.2) is 42.4 Å². The summed E-state index contributed by atoms with van der Waals surface area (Å²) in [6, 6.07) is 7.72. The van der Waals surface area contributed by atoms with Crippen LogP contribution in [0.4, 0.5) is 0 Å². The summed E-state index contributed by atoms with van der Waals surface area (Å²) in [6.45, 7) is 1.48. The highest BCUT2D eigenvalue weighted by atomic mass is 32.2. The second kappa shape index (κ2) is 7.42. The molecule has 2 fully saturated rings. The van der Waals surface area contributed by atoms with Crippen molar-refractivity contribution in [3.8, 4) is 5.75 Å². The van der Waals surface area contributed by atoms with E-state index in [1.165, 1.54) is 11.8 Å². The lowest BCUT2D eigenvalue weighted by atomic mass is 10.1. The fraction of sp³-hybridized carbons (Fsp3) is 0.400. The number of carbonyl (C=O) groups excluding carboxylic acids is 1. The van der Waals surface area contributed by atoms with Gasteiger partial charge in [0.15, 0.2) is 5.17 Å². The Morgan fingerprint density at radius 3 is 2.91 bits per heavy atom. The summed E-state index contributed by atoms with van der Waals surface area (Å²) in [5.41, 5.74) is 0.868. The molecule has 1 amide bonds. The number of nitrogens with zero attached hydrogens (tertiary/aromatic N) is 2. The zero-order valence-corrected chi connectivity index (χ0v) is 12.8. The Morgan fingerprint density at radius 2 is 2.14 bits per heavy atom. The number of amidine groups is 1. The molecule has 1 aromatic carbocycles. The molecule has 1 aromatic rings. The molecule has 0 spiro atoms. The van der Waals surface area contributed by atoms with Crippen molar-refractivity contribution in [3.63, 3.8) is 0 Å². The Hall–Kier alpha value is -1.86. The van der Waals surface area contributed by atoms with E-state index in [-0.39, 0.29) is 12.0 Å². The van der Waals surface area contributed by atoms with E-state index in [0.717, 1.165) is 37.4 Å². The van der Waals surface area contributed by atoms with Gasteiger partial charge in [0.25, 0.3) is 0 Å². The molecule has 3 rings (SSSR count). The average Bonchev–Trinajstić information content (AvgIpc) is 2.95. The van der Waals surface area contributed by atoms with Gasteiger partial charge in [0, 0.05) is 18.4 Å². The lowest BCUT2D eigenvalue weighted by molar-refractivity contribution is -0.116. The smallest absolute Gasteiger partial charge is 0.236 e. The minimum Gasteiger partial charge on any atom is -0.490 e. The van der Waals surface area contributed by atoms with E-state index in [9.17, 15) is 4.79 Å². The van der Waals surface area contributed by atoms with E-state index >= 15 is 0 Å².